The van der Waals surface area contributed by atoms with Gasteiger partial charge in [0.25, 0.3) is 0 Å². The lowest BCUT2D eigenvalue weighted by atomic mass is 10.0. The van der Waals surface area contributed by atoms with Gasteiger partial charge in [-0.3, -0.25) is 0 Å². The second kappa shape index (κ2) is 14.2. The summed E-state index contributed by atoms with van der Waals surface area (Å²) >= 11 is 0. The van der Waals surface area contributed by atoms with Gasteiger partial charge in [0.15, 0.2) is 5.60 Å². The average Bonchev–Trinajstić information content (AvgIpc) is 2.95. The standard InChI is InChI=1S/C16H23N3O2.C3H8.C2H6/c1-6-16(11-20,21-5)8-9-19-10-12(3)14(13(4)17)15(19)18-7-2;1-3-2;1-2/h1,7,10,20H,4,8-9,11,17H2,2-3,5H3;3H2,1-2H3;1-2H3/b18-7-;;. The van der Waals surface area contributed by atoms with Crippen LogP contribution in [0.15, 0.2) is 17.8 Å². The molecule has 0 aliphatic rings. The maximum absolute atomic E-state index is 9.43. The first-order valence-electron chi connectivity index (χ1n) is 9.13. The lowest BCUT2D eigenvalue weighted by Crippen LogP contribution is -2.35. The Labute approximate surface area is 160 Å². The van der Waals surface area contributed by atoms with Crippen molar-refractivity contribution in [3.8, 4) is 12.3 Å². The zero-order chi connectivity index (χ0) is 20.8. The minimum atomic E-state index is -0.981. The Morgan fingerprint density at radius 2 is 2.04 bits per heavy atom. The largest absolute Gasteiger partial charge is 0.399 e. The molecule has 0 bridgehead atoms. The number of hydrogen-bond donors (Lipinski definition) is 2. The first kappa shape index (κ1) is 26.2. The molecule has 5 nitrogen and oxygen atoms in total. The van der Waals surface area contributed by atoms with Crippen LogP contribution in [0, 0.1) is 19.3 Å². The van der Waals surface area contributed by atoms with Crippen molar-refractivity contribution < 1.29 is 9.84 Å². The van der Waals surface area contributed by atoms with Gasteiger partial charge in [-0.25, -0.2) is 4.99 Å². The number of aryl methyl sites for hydroxylation is 2. The smallest absolute Gasteiger partial charge is 0.152 e. The van der Waals surface area contributed by atoms with Crippen LogP contribution >= 0.6 is 0 Å². The van der Waals surface area contributed by atoms with E-state index in [1.165, 1.54) is 13.5 Å². The van der Waals surface area contributed by atoms with Crippen LogP contribution in [-0.2, 0) is 11.3 Å². The van der Waals surface area contributed by atoms with Gasteiger partial charge in [-0.15, -0.1) is 6.42 Å². The van der Waals surface area contributed by atoms with Gasteiger partial charge in [-0.05, 0) is 19.4 Å². The molecule has 0 radical (unpaired) electrons. The van der Waals surface area contributed by atoms with Gasteiger partial charge in [0.05, 0.1) is 6.61 Å². The highest BCUT2D eigenvalue weighted by molar-refractivity contribution is 5.75. The number of aliphatic imine (C=N–C) groups is 1. The van der Waals surface area contributed by atoms with E-state index in [1.807, 2.05) is 38.5 Å². The Hall–Kier alpha value is -2.03. The first-order chi connectivity index (χ1) is 12.4. The van der Waals surface area contributed by atoms with Crippen molar-refractivity contribution >= 4 is 17.7 Å². The van der Waals surface area contributed by atoms with Gasteiger partial charge in [-0.1, -0.05) is 46.6 Å². The van der Waals surface area contributed by atoms with E-state index in [-0.39, 0.29) is 6.61 Å². The fraction of sp³-hybridized carbons (Fsp3) is 0.571. The molecule has 5 heteroatoms. The quantitative estimate of drug-likeness (QED) is 0.560. The van der Waals surface area contributed by atoms with E-state index < -0.39 is 5.60 Å². The third-order valence-electron chi connectivity index (χ3n) is 3.48. The van der Waals surface area contributed by atoms with Crippen molar-refractivity contribution in [2.45, 2.75) is 66.5 Å². The molecule has 1 unspecified atom stereocenters. The number of nitrogens with two attached hydrogens (primary N) is 1. The van der Waals surface area contributed by atoms with E-state index >= 15 is 0 Å². The van der Waals surface area contributed by atoms with Crippen molar-refractivity contribution in [1.29, 1.82) is 0 Å². The fourth-order valence-electron chi connectivity index (χ4n) is 2.23. The predicted octanol–water partition coefficient (Wildman–Crippen LogP) is 4.29. The summed E-state index contributed by atoms with van der Waals surface area (Å²) in [5.74, 6) is 3.25. The van der Waals surface area contributed by atoms with Gasteiger partial charge in [0, 0.05) is 43.7 Å². The third kappa shape index (κ3) is 7.47. The number of rotatable bonds is 7. The molecule has 1 aromatic heterocycles. The molecular weight excluding hydrogens is 326 g/mol. The number of aliphatic hydroxyl groups excluding tert-OH is 1. The maximum atomic E-state index is 9.43. The summed E-state index contributed by atoms with van der Waals surface area (Å²) < 4.78 is 7.21. The van der Waals surface area contributed by atoms with Crippen LogP contribution in [0.1, 0.15) is 58.6 Å². The minimum Gasteiger partial charge on any atom is -0.399 e. The van der Waals surface area contributed by atoms with Crippen LogP contribution in [0.5, 0.6) is 0 Å². The zero-order valence-corrected chi connectivity index (χ0v) is 17.6. The molecule has 1 atom stereocenters. The number of methoxy groups -OCH3 is 1. The normalized spacial score (nSPS) is 12.3. The number of nitrogens with zero attached hydrogens (tertiary/aromatic N) is 2. The van der Waals surface area contributed by atoms with E-state index in [4.69, 9.17) is 16.9 Å². The van der Waals surface area contributed by atoms with E-state index in [0.717, 1.165) is 16.9 Å². The predicted molar refractivity (Wildman–Crippen MR) is 114 cm³/mol. The number of aliphatic hydroxyl groups is 1. The molecule has 148 valence electrons. The summed E-state index contributed by atoms with van der Waals surface area (Å²) in [6.45, 7) is 16.2. The van der Waals surface area contributed by atoms with Crippen LogP contribution in [-0.4, -0.2) is 35.2 Å². The number of hydrogen-bond acceptors (Lipinski definition) is 4. The summed E-state index contributed by atoms with van der Waals surface area (Å²) in [6, 6.07) is 0. The Kier molecular flexibility index (Phi) is 14.3. The fourth-order valence-corrected chi connectivity index (χ4v) is 2.23. The second-order valence-electron chi connectivity index (χ2n) is 5.57. The molecule has 0 saturated carbocycles. The lowest BCUT2D eigenvalue weighted by Gasteiger charge is -2.24. The Balaban J connectivity index is 0. The van der Waals surface area contributed by atoms with Gasteiger partial charge >= 0.3 is 0 Å². The van der Waals surface area contributed by atoms with Gasteiger partial charge in [0.1, 0.15) is 5.82 Å². The first-order valence-corrected chi connectivity index (χ1v) is 9.13. The summed E-state index contributed by atoms with van der Waals surface area (Å²) in [5.41, 5.74) is 7.17. The molecule has 0 amide bonds. The van der Waals surface area contributed by atoms with Gasteiger partial charge < -0.3 is 20.1 Å². The van der Waals surface area contributed by atoms with Crippen LogP contribution in [0.3, 0.4) is 0 Å². The molecular formula is C21H37N3O2. The van der Waals surface area contributed by atoms with E-state index in [9.17, 15) is 5.11 Å². The maximum Gasteiger partial charge on any atom is 0.152 e. The van der Waals surface area contributed by atoms with Crippen LogP contribution < -0.4 is 5.73 Å². The number of terminal acetylenes is 1. The molecule has 26 heavy (non-hydrogen) atoms. The monoisotopic (exact) mass is 363 g/mol. The zero-order valence-electron chi connectivity index (χ0n) is 17.6. The van der Waals surface area contributed by atoms with Crippen LogP contribution in [0.4, 0.5) is 5.82 Å². The van der Waals surface area contributed by atoms with Gasteiger partial charge in [-0.2, -0.15) is 0 Å². The highest BCUT2D eigenvalue weighted by Crippen LogP contribution is 2.30. The summed E-state index contributed by atoms with van der Waals surface area (Å²) in [5, 5.41) is 9.43. The molecule has 0 spiro atoms. The topological polar surface area (TPSA) is 72.8 Å². The molecule has 3 N–H and O–H groups in total. The van der Waals surface area contributed by atoms with Crippen molar-refractivity contribution in [2.75, 3.05) is 13.7 Å². The molecule has 1 aromatic rings. The van der Waals surface area contributed by atoms with E-state index in [0.29, 0.717) is 18.7 Å². The molecule has 0 aromatic carbocycles. The summed E-state index contributed by atoms with van der Waals surface area (Å²) in [7, 11) is 1.50. The third-order valence-corrected chi connectivity index (χ3v) is 3.48. The highest BCUT2D eigenvalue weighted by Gasteiger charge is 2.26. The number of ether oxygens (including phenoxy) is 1. The Morgan fingerprint density at radius 1 is 1.50 bits per heavy atom. The molecule has 0 fully saturated rings. The molecule has 1 heterocycles. The van der Waals surface area contributed by atoms with Crippen LogP contribution in [0.2, 0.25) is 0 Å². The Bertz CT molecular complexity index is 591. The summed E-state index contributed by atoms with van der Waals surface area (Å²) in [6.07, 6.45) is 10.8. The van der Waals surface area contributed by atoms with Gasteiger partial charge in [0.2, 0.25) is 0 Å². The Morgan fingerprint density at radius 3 is 2.38 bits per heavy atom. The number of aromatic nitrogens is 1. The van der Waals surface area contributed by atoms with Crippen molar-refractivity contribution in [1.82, 2.24) is 4.57 Å². The molecule has 0 aliphatic heterocycles. The molecule has 1 rings (SSSR count). The van der Waals surface area contributed by atoms with Crippen molar-refractivity contribution in [3.05, 3.63) is 23.9 Å². The second-order valence-corrected chi connectivity index (χ2v) is 5.57. The van der Waals surface area contributed by atoms with E-state index in [2.05, 4.69) is 31.3 Å². The average molecular weight is 364 g/mol. The lowest BCUT2D eigenvalue weighted by molar-refractivity contribution is -0.0148. The van der Waals surface area contributed by atoms with Crippen molar-refractivity contribution in [2.24, 2.45) is 10.7 Å². The van der Waals surface area contributed by atoms with Crippen molar-refractivity contribution in [3.63, 3.8) is 0 Å². The molecule has 0 aliphatic carbocycles. The SMILES string of the molecule is C#CC(CO)(CCn1cc(C)c(C(=C)N)c1/N=C\C)OC.CC.CCC. The highest BCUT2D eigenvalue weighted by atomic mass is 16.5. The molecule has 0 saturated heterocycles. The summed E-state index contributed by atoms with van der Waals surface area (Å²) in [4.78, 5) is 4.37. The minimum absolute atomic E-state index is 0.233. The van der Waals surface area contributed by atoms with E-state index in [1.54, 1.807) is 6.21 Å². The van der Waals surface area contributed by atoms with Crippen LogP contribution in [0.25, 0.3) is 5.70 Å².